The van der Waals surface area contributed by atoms with Gasteiger partial charge in [0.15, 0.2) is 0 Å². The van der Waals surface area contributed by atoms with Crippen LogP contribution in [0.15, 0.2) is 54.6 Å². The van der Waals surface area contributed by atoms with E-state index in [4.69, 9.17) is 0 Å². The summed E-state index contributed by atoms with van der Waals surface area (Å²) in [7, 11) is 0. The minimum Gasteiger partial charge on any atom is -0.352 e. The number of carbonyl (C=O) groups is 2. The van der Waals surface area contributed by atoms with Crippen LogP contribution in [0.5, 0.6) is 0 Å². The molecule has 0 unspecified atom stereocenters. The van der Waals surface area contributed by atoms with Crippen LogP contribution in [0.1, 0.15) is 52.5 Å². The maximum Gasteiger partial charge on any atom is 0.251 e. The zero-order chi connectivity index (χ0) is 17.9. The minimum absolute atomic E-state index is 0.130. The average Bonchev–Trinajstić information content (AvgIpc) is 2.66. The average molecular weight is 338 g/mol. The van der Waals surface area contributed by atoms with Crippen LogP contribution in [-0.2, 0) is 6.42 Å². The molecule has 0 aliphatic carbocycles. The van der Waals surface area contributed by atoms with E-state index in [1.807, 2.05) is 30.3 Å². The van der Waals surface area contributed by atoms with Crippen molar-refractivity contribution in [2.45, 2.75) is 32.6 Å². The third kappa shape index (κ3) is 6.42. The molecule has 2 rings (SSSR count). The van der Waals surface area contributed by atoms with Crippen molar-refractivity contribution in [1.29, 1.82) is 0 Å². The second-order valence-corrected chi connectivity index (χ2v) is 6.04. The molecule has 0 fully saturated rings. The quantitative estimate of drug-likeness (QED) is 0.687. The molecule has 0 aliphatic heterocycles. The molecule has 0 radical (unpaired) electrons. The molecule has 2 aromatic carbocycles. The maximum atomic E-state index is 12.3. The summed E-state index contributed by atoms with van der Waals surface area (Å²) in [6, 6.07) is 16.9. The number of hydrogen-bond donors (Lipinski definition) is 2. The first-order valence-electron chi connectivity index (χ1n) is 8.91. The number of amides is 2. The highest BCUT2D eigenvalue weighted by molar-refractivity contribution is 5.99. The predicted octanol–water partition coefficient (Wildman–Crippen LogP) is 3.58. The zero-order valence-corrected chi connectivity index (χ0v) is 14.8. The Kier molecular flexibility index (Phi) is 7.70. The summed E-state index contributed by atoms with van der Waals surface area (Å²) in [4.78, 5) is 24.4. The lowest BCUT2D eigenvalue weighted by molar-refractivity contribution is 0.0952. The lowest BCUT2D eigenvalue weighted by atomic mass is 10.1. The monoisotopic (exact) mass is 338 g/mol. The summed E-state index contributed by atoms with van der Waals surface area (Å²) in [6.45, 7) is 3.36. The summed E-state index contributed by atoms with van der Waals surface area (Å²) in [6.07, 6.45) is 3.98. The van der Waals surface area contributed by atoms with E-state index >= 15 is 0 Å². The van der Waals surface area contributed by atoms with Gasteiger partial charge in [0.25, 0.3) is 11.8 Å². The van der Waals surface area contributed by atoms with Gasteiger partial charge in [0.05, 0.1) is 0 Å². The molecule has 0 aromatic heterocycles. The van der Waals surface area contributed by atoms with Gasteiger partial charge in [-0.3, -0.25) is 9.59 Å². The first kappa shape index (κ1) is 18.7. The van der Waals surface area contributed by atoms with Crippen LogP contribution in [0.4, 0.5) is 0 Å². The van der Waals surface area contributed by atoms with E-state index in [2.05, 4.69) is 17.6 Å². The van der Waals surface area contributed by atoms with Crippen molar-refractivity contribution in [3.63, 3.8) is 0 Å². The van der Waals surface area contributed by atoms with Crippen molar-refractivity contribution in [3.05, 3.63) is 71.3 Å². The van der Waals surface area contributed by atoms with Crippen molar-refractivity contribution in [2.75, 3.05) is 13.1 Å². The largest absolute Gasteiger partial charge is 0.352 e. The Morgan fingerprint density at radius 3 is 2.08 bits per heavy atom. The summed E-state index contributed by atoms with van der Waals surface area (Å²) >= 11 is 0. The van der Waals surface area contributed by atoms with E-state index < -0.39 is 0 Å². The first-order valence-corrected chi connectivity index (χ1v) is 8.91. The minimum atomic E-state index is -0.156. The van der Waals surface area contributed by atoms with E-state index in [-0.39, 0.29) is 11.8 Å². The highest BCUT2D eigenvalue weighted by Gasteiger charge is 2.10. The van der Waals surface area contributed by atoms with Crippen molar-refractivity contribution in [2.24, 2.45) is 0 Å². The van der Waals surface area contributed by atoms with Crippen LogP contribution in [-0.4, -0.2) is 24.9 Å². The van der Waals surface area contributed by atoms with Gasteiger partial charge < -0.3 is 10.6 Å². The van der Waals surface area contributed by atoms with Crippen LogP contribution in [0, 0.1) is 0 Å². The van der Waals surface area contributed by atoms with Gasteiger partial charge >= 0.3 is 0 Å². The summed E-state index contributed by atoms with van der Waals surface area (Å²) in [5.41, 5.74) is 2.21. The molecule has 2 N–H and O–H groups in total. The number of nitrogens with one attached hydrogen (secondary N) is 2. The first-order chi connectivity index (χ1) is 12.2. The smallest absolute Gasteiger partial charge is 0.251 e. The maximum absolute atomic E-state index is 12.3. The summed E-state index contributed by atoms with van der Waals surface area (Å²) in [5.74, 6) is -0.286. The number of hydrogen-bond acceptors (Lipinski definition) is 2. The molecule has 0 atom stereocenters. The van der Waals surface area contributed by atoms with Gasteiger partial charge in [-0.1, -0.05) is 56.2 Å². The second kappa shape index (κ2) is 10.3. The predicted molar refractivity (Wildman–Crippen MR) is 101 cm³/mol. The molecular weight excluding hydrogens is 312 g/mol. The van der Waals surface area contributed by atoms with E-state index in [0.717, 1.165) is 25.7 Å². The normalized spacial score (nSPS) is 10.3. The Labute approximate surface area is 149 Å². The van der Waals surface area contributed by atoms with E-state index in [1.54, 1.807) is 24.3 Å². The summed E-state index contributed by atoms with van der Waals surface area (Å²) < 4.78 is 0. The van der Waals surface area contributed by atoms with Crippen LogP contribution in [0.2, 0.25) is 0 Å². The van der Waals surface area contributed by atoms with Crippen molar-refractivity contribution in [1.82, 2.24) is 10.6 Å². The highest BCUT2D eigenvalue weighted by Crippen LogP contribution is 2.06. The van der Waals surface area contributed by atoms with Crippen LogP contribution < -0.4 is 10.6 Å². The van der Waals surface area contributed by atoms with E-state index in [9.17, 15) is 9.59 Å². The van der Waals surface area contributed by atoms with Gasteiger partial charge in [0.1, 0.15) is 0 Å². The Balaban J connectivity index is 1.84. The standard InChI is InChI=1S/C21H26N2O2/c1-2-3-7-14-22-20(24)18-11-8-12-19(16-18)21(25)23-15-13-17-9-5-4-6-10-17/h4-6,8-12,16H,2-3,7,13-15H2,1H3,(H,22,24)(H,23,25). The highest BCUT2D eigenvalue weighted by atomic mass is 16.2. The van der Waals surface area contributed by atoms with Crippen LogP contribution in [0.3, 0.4) is 0 Å². The Morgan fingerprint density at radius 2 is 1.44 bits per heavy atom. The van der Waals surface area contributed by atoms with Gasteiger partial charge in [0.2, 0.25) is 0 Å². The molecule has 0 heterocycles. The van der Waals surface area contributed by atoms with E-state index in [0.29, 0.717) is 24.2 Å². The molecule has 4 nitrogen and oxygen atoms in total. The van der Waals surface area contributed by atoms with Crippen LogP contribution in [0.25, 0.3) is 0 Å². The van der Waals surface area contributed by atoms with Crippen molar-refractivity contribution < 1.29 is 9.59 Å². The zero-order valence-electron chi connectivity index (χ0n) is 14.8. The van der Waals surface area contributed by atoms with Crippen molar-refractivity contribution in [3.8, 4) is 0 Å². The topological polar surface area (TPSA) is 58.2 Å². The number of rotatable bonds is 9. The van der Waals surface area contributed by atoms with Gasteiger partial charge in [0, 0.05) is 24.2 Å². The van der Waals surface area contributed by atoms with Gasteiger partial charge in [-0.2, -0.15) is 0 Å². The molecule has 0 bridgehead atoms. The second-order valence-electron chi connectivity index (χ2n) is 6.04. The summed E-state index contributed by atoms with van der Waals surface area (Å²) in [5, 5.41) is 5.80. The fourth-order valence-corrected chi connectivity index (χ4v) is 2.55. The number of benzene rings is 2. The fourth-order valence-electron chi connectivity index (χ4n) is 2.55. The molecule has 2 amide bonds. The number of unbranched alkanes of at least 4 members (excludes halogenated alkanes) is 2. The molecule has 0 saturated carbocycles. The Morgan fingerprint density at radius 1 is 0.800 bits per heavy atom. The lowest BCUT2D eigenvalue weighted by Gasteiger charge is -2.08. The molecular formula is C21H26N2O2. The Hall–Kier alpha value is -2.62. The fraction of sp³-hybridized carbons (Fsp3) is 0.333. The van der Waals surface area contributed by atoms with E-state index in [1.165, 1.54) is 5.56 Å². The molecule has 25 heavy (non-hydrogen) atoms. The molecule has 0 spiro atoms. The molecule has 0 saturated heterocycles. The van der Waals surface area contributed by atoms with Crippen molar-refractivity contribution >= 4 is 11.8 Å². The molecule has 2 aromatic rings. The number of carbonyl (C=O) groups excluding carboxylic acids is 2. The molecule has 132 valence electrons. The van der Waals surface area contributed by atoms with Gasteiger partial charge in [-0.05, 0) is 36.6 Å². The van der Waals surface area contributed by atoms with Crippen LogP contribution >= 0.6 is 0 Å². The molecule has 4 heteroatoms. The van der Waals surface area contributed by atoms with Gasteiger partial charge in [-0.15, -0.1) is 0 Å². The molecule has 0 aliphatic rings. The third-order valence-corrected chi connectivity index (χ3v) is 3.99. The third-order valence-electron chi connectivity index (χ3n) is 3.99. The lowest BCUT2D eigenvalue weighted by Crippen LogP contribution is -2.27. The Bertz CT molecular complexity index is 683. The van der Waals surface area contributed by atoms with Gasteiger partial charge in [-0.25, -0.2) is 0 Å². The SMILES string of the molecule is CCCCCNC(=O)c1cccc(C(=O)NCCc2ccccc2)c1.